The monoisotopic (exact) mass is 283 g/mol. The minimum absolute atomic E-state index is 0.00641. The number of carboxylic acid groups (broad SMARTS) is 1. The fourth-order valence-corrected chi connectivity index (χ4v) is 2.19. The maximum absolute atomic E-state index is 11.5. The van der Waals surface area contributed by atoms with Crippen molar-refractivity contribution in [2.75, 3.05) is 13.7 Å². The summed E-state index contributed by atoms with van der Waals surface area (Å²) < 4.78 is 4.87. The van der Waals surface area contributed by atoms with E-state index >= 15 is 0 Å². The Hall–Kier alpha value is -1.66. The Morgan fingerprint density at radius 3 is 3.00 bits per heavy atom. The van der Waals surface area contributed by atoms with Gasteiger partial charge in [0.15, 0.2) is 0 Å². The third-order valence-electron chi connectivity index (χ3n) is 2.30. The molecule has 1 rings (SSSR count). The van der Waals surface area contributed by atoms with Crippen LogP contribution in [0.15, 0.2) is 17.5 Å². The molecule has 1 heterocycles. The number of amides is 1. The quantitative estimate of drug-likeness (QED) is 0.564. The van der Waals surface area contributed by atoms with Crippen LogP contribution in [0.1, 0.15) is 23.3 Å². The van der Waals surface area contributed by atoms with Crippen molar-refractivity contribution in [3.63, 3.8) is 0 Å². The van der Waals surface area contributed by atoms with E-state index in [1.807, 2.05) is 11.4 Å². The summed E-state index contributed by atoms with van der Waals surface area (Å²) in [6, 6.07) is 1.86. The van der Waals surface area contributed by atoms with E-state index in [1.165, 1.54) is 17.4 Å². The Labute approximate surface area is 115 Å². The molecule has 0 radical (unpaired) electrons. The Morgan fingerprint density at radius 2 is 2.32 bits per heavy atom. The van der Waals surface area contributed by atoms with E-state index in [4.69, 9.17) is 9.84 Å². The topological polar surface area (TPSA) is 75.6 Å². The van der Waals surface area contributed by atoms with Crippen LogP contribution in [0.3, 0.4) is 0 Å². The van der Waals surface area contributed by atoms with Gasteiger partial charge in [0, 0.05) is 31.1 Å². The second kappa shape index (κ2) is 8.44. The van der Waals surface area contributed by atoms with Crippen molar-refractivity contribution in [3.8, 4) is 0 Å². The molecule has 104 valence electrons. The van der Waals surface area contributed by atoms with Gasteiger partial charge in [0.1, 0.15) is 0 Å². The average Bonchev–Trinajstić information content (AvgIpc) is 2.82. The number of nitrogens with one attached hydrogen (secondary N) is 1. The maximum Gasteiger partial charge on any atom is 0.328 e. The average molecular weight is 283 g/mol. The van der Waals surface area contributed by atoms with Gasteiger partial charge in [-0.3, -0.25) is 4.79 Å². The summed E-state index contributed by atoms with van der Waals surface area (Å²) in [5, 5.41) is 13.2. The maximum atomic E-state index is 11.5. The van der Waals surface area contributed by atoms with Crippen LogP contribution in [0, 0.1) is 0 Å². The van der Waals surface area contributed by atoms with Crippen molar-refractivity contribution in [3.05, 3.63) is 28.0 Å². The summed E-state index contributed by atoms with van der Waals surface area (Å²) in [7, 11) is 1.61. The predicted octanol–water partition coefficient (Wildman–Crippen LogP) is 1.89. The van der Waals surface area contributed by atoms with Crippen LogP contribution in [0.2, 0.25) is 0 Å². The third-order valence-corrected chi connectivity index (χ3v) is 3.26. The van der Waals surface area contributed by atoms with Gasteiger partial charge >= 0.3 is 5.97 Å². The largest absolute Gasteiger partial charge is 0.478 e. The first-order valence-electron chi connectivity index (χ1n) is 5.86. The molecule has 0 bridgehead atoms. The van der Waals surface area contributed by atoms with E-state index in [1.54, 1.807) is 7.11 Å². The lowest BCUT2D eigenvalue weighted by molar-refractivity contribution is -0.131. The van der Waals surface area contributed by atoms with Crippen LogP contribution in [-0.4, -0.2) is 30.7 Å². The van der Waals surface area contributed by atoms with Gasteiger partial charge in [-0.05, 0) is 29.5 Å². The number of hydrogen-bond acceptors (Lipinski definition) is 4. The highest BCUT2D eigenvalue weighted by Crippen LogP contribution is 2.15. The van der Waals surface area contributed by atoms with E-state index in [9.17, 15) is 9.59 Å². The molecule has 0 aliphatic heterocycles. The van der Waals surface area contributed by atoms with Crippen molar-refractivity contribution in [2.45, 2.75) is 19.4 Å². The van der Waals surface area contributed by atoms with Crippen molar-refractivity contribution < 1.29 is 19.4 Å². The number of carbonyl (C=O) groups excluding carboxylic acids is 1. The fraction of sp³-hybridized carbons (Fsp3) is 0.385. The first kappa shape index (κ1) is 15.4. The minimum Gasteiger partial charge on any atom is -0.478 e. The molecule has 6 heteroatoms. The summed E-state index contributed by atoms with van der Waals surface area (Å²) in [5.74, 6) is -0.979. The zero-order chi connectivity index (χ0) is 14.1. The third kappa shape index (κ3) is 6.73. The van der Waals surface area contributed by atoms with Gasteiger partial charge in [0.2, 0.25) is 5.91 Å². The standard InChI is InChI=1S/C13H17NO4S/c1-18-6-2-3-12(15)14-8-11-7-10(9-19-11)4-5-13(16)17/h4-5,7,9H,2-3,6,8H2,1H3,(H,14,15)(H,16,17). The smallest absolute Gasteiger partial charge is 0.328 e. The Bertz CT molecular complexity index is 453. The number of rotatable bonds is 8. The Morgan fingerprint density at radius 1 is 1.53 bits per heavy atom. The van der Waals surface area contributed by atoms with Gasteiger partial charge in [-0.15, -0.1) is 11.3 Å². The van der Waals surface area contributed by atoms with Gasteiger partial charge < -0.3 is 15.2 Å². The number of hydrogen-bond donors (Lipinski definition) is 2. The highest BCUT2D eigenvalue weighted by Gasteiger charge is 2.03. The zero-order valence-electron chi connectivity index (χ0n) is 10.7. The van der Waals surface area contributed by atoms with Crippen molar-refractivity contribution in [2.24, 2.45) is 0 Å². The molecular formula is C13H17NO4S. The van der Waals surface area contributed by atoms with Crippen LogP contribution in [0.5, 0.6) is 0 Å². The van der Waals surface area contributed by atoms with Gasteiger partial charge in [0.05, 0.1) is 6.54 Å². The molecule has 0 aliphatic rings. The predicted molar refractivity (Wildman–Crippen MR) is 73.9 cm³/mol. The summed E-state index contributed by atoms with van der Waals surface area (Å²) in [6.45, 7) is 1.05. The van der Waals surface area contributed by atoms with Gasteiger partial charge in [0.25, 0.3) is 0 Å². The molecule has 0 saturated carbocycles. The number of carboxylic acids is 1. The molecule has 0 aliphatic carbocycles. The van der Waals surface area contributed by atoms with Crippen LogP contribution in [0.25, 0.3) is 6.08 Å². The van der Waals surface area contributed by atoms with Crippen LogP contribution >= 0.6 is 11.3 Å². The van der Waals surface area contributed by atoms with Crippen LogP contribution in [-0.2, 0) is 20.9 Å². The van der Waals surface area contributed by atoms with E-state index in [2.05, 4.69) is 5.32 Å². The Balaban J connectivity index is 2.33. The second-order valence-electron chi connectivity index (χ2n) is 3.89. The van der Waals surface area contributed by atoms with Crippen LogP contribution in [0.4, 0.5) is 0 Å². The minimum atomic E-state index is -0.973. The zero-order valence-corrected chi connectivity index (χ0v) is 11.5. The lowest BCUT2D eigenvalue weighted by Gasteiger charge is -2.02. The summed E-state index contributed by atoms with van der Waals surface area (Å²) in [6.07, 6.45) is 3.78. The number of methoxy groups -OCH3 is 1. The molecule has 0 unspecified atom stereocenters. The molecule has 0 spiro atoms. The molecular weight excluding hydrogens is 266 g/mol. The normalized spacial score (nSPS) is 10.8. The molecule has 19 heavy (non-hydrogen) atoms. The lowest BCUT2D eigenvalue weighted by Crippen LogP contribution is -2.22. The summed E-state index contributed by atoms with van der Waals surface area (Å²) >= 11 is 1.49. The molecule has 0 saturated heterocycles. The number of ether oxygens (including phenoxy) is 1. The molecule has 1 aromatic rings. The van der Waals surface area contributed by atoms with E-state index in [0.29, 0.717) is 26.0 Å². The molecule has 5 nitrogen and oxygen atoms in total. The first-order chi connectivity index (χ1) is 9.11. The van der Waals surface area contributed by atoms with Crippen LogP contribution < -0.4 is 5.32 Å². The number of aliphatic carboxylic acids is 1. The van der Waals surface area contributed by atoms with Crippen molar-refractivity contribution in [1.82, 2.24) is 5.32 Å². The lowest BCUT2D eigenvalue weighted by atomic mass is 10.2. The van der Waals surface area contributed by atoms with E-state index in [0.717, 1.165) is 16.5 Å². The molecule has 0 aromatic carbocycles. The molecule has 2 N–H and O–H groups in total. The summed E-state index contributed by atoms with van der Waals surface area (Å²) in [4.78, 5) is 22.8. The summed E-state index contributed by atoms with van der Waals surface area (Å²) in [5.41, 5.74) is 0.830. The second-order valence-corrected chi connectivity index (χ2v) is 4.89. The van der Waals surface area contributed by atoms with Gasteiger partial charge in [-0.2, -0.15) is 0 Å². The SMILES string of the molecule is COCCCC(=O)NCc1cc(C=CC(=O)O)cs1. The highest BCUT2D eigenvalue weighted by molar-refractivity contribution is 7.10. The number of carbonyl (C=O) groups is 2. The van der Waals surface area contributed by atoms with Crippen molar-refractivity contribution in [1.29, 1.82) is 0 Å². The van der Waals surface area contributed by atoms with E-state index < -0.39 is 5.97 Å². The van der Waals surface area contributed by atoms with Gasteiger partial charge in [-0.25, -0.2) is 4.79 Å². The molecule has 0 atom stereocenters. The Kier molecular flexibility index (Phi) is 6.84. The molecule has 0 fully saturated rings. The fourth-order valence-electron chi connectivity index (χ4n) is 1.40. The highest BCUT2D eigenvalue weighted by atomic mass is 32.1. The van der Waals surface area contributed by atoms with Gasteiger partial charge in [-0.1, -0.05) is 0 Å². The number of thiophene rings is 1. The van der Waals surface area contributed by atoms with Crippen molar-refractivity contribution >= 4 is 29.3 Å². The molecule has 1 amide bonds. The van der Waals surface area contributed by atoms with E-state index in [-0.39, 0.29) is 5.91 Å². The first-order valence-corrected chi connectivity index (χ1v) is 6.74. The molecule has 1 aromatic heterocycles.